The Hall–Kier alpha value is -0.960. The van der Waals surface area contributed by atoms with Gasteiger partial charge < -0.3 is 0 Å². The van der Waals surface area contributed by atoms with E-state index in [1.54, 1.807) is 12.3 Å². The Bertz CT molecular complexity index is 562. The SMILES string of the molecule is CCONC(=O)c1sccc1S(=O)(=O)N1CCCCC1. The first-order valence-corrected chi connectivity index (χ1v) is 8.89. The molecule has 0 spiro atoms. The average Bonchev–Trinajstić information content (AvgIpc) is 2.96. The molecule has 1 fully saturated rings. The molecule has 0 bridgehead atoms. The van der Waals surface area contributed by atoms with E-state index in [4.69, 9.17) is 4.84 Å². The van der Waals surface area contributed by atoms with E-state index in [2.05, 4.69) is 5.48 Å². The second-order valence-corrected chi connectivity index (χ2v) is 7.27. The summed E-state index contributed by atoms with van der Waals surface area (Å²) in [6, 6.07) is 1.48. The van der Waals surface area contributed by atoms with Gasteiger partial charge in [-0.05, 0) is 31.2 Å². The fourth-order valence-electron chi connectivity index (χ4n) is 2.09. The van der Waals surface area contributed by atoms with E-state index in [-0.39, 0.29) is 9.77 Å². The second-order valence-electron chi connectivity index (χ2n) is 4.44. The van der Waals surface area contributed by atoms with E-state index in [0.29, 0.717) is 19.7 Å². The lowest BCUT2D eigenvalue weighted by Crippen LogP contribution is -2.36. The van der Waals surface area contributed by atoms with Gasteiger partial charge in [-0.15, -0.1) is 11.3 Å². The Labute approximate surface area is 122 Å². The van der Waals surface area contributed by atoms with Gasteiger partial charge in [0.05, 0.1) is 6.61 Å². The monoisotopic (exact) mass is 318 g/mol. The van der Waals surface area contributed by atoms with Crippen LogP contribution in [0.1, 0.15) is 35.9 Å². The third kappa shape index (κ3) is 3.20. The molecular formula is C12H18N2O4S2. The standard InChI is InChI=1S/C12H18N2O4S2/c1-2-18-13-12(15)11-10(6-9-19-11)20(16,17)14-7-4-3-5-8-14/h6,9H,2-5,7-8H2,1H3,(H,13,15). The summed E-state index contributed by atoms with van der Waals surface area (Å²) in [5, 5.41) is 1.61. The number of nitrogens with one attached hydrogen (secondary N) is 1. The number of hydrogen-bond acceptors (Lipinski definition) is 5. The number of sulfonamides is 1. The van der Waals surface area contributed by atoms with Crippen molar-refractivity contribution in [2.45, 2.75) is 31.1 Å². The molecule has 1 aromatic heterocycles. The fraction of sp³-hybridized carbons (Fsp3) is 0.583. The first kappa shape index (κ1) is 15.4. The summed E-state index contributed by atoms with van der Waals surface area (Å²) in [7, 11) is -3.59. The van der Waals surface area contributed by atoms with Crippen molar-refractivity contribution >= 4 is 27.3 Å². The smallest absolute Gasteiger partial charge is 0.274 e. The molecule has 2 rings (SSSR count). The highest BCUT2D eigenvalue weighted by molar-refractivity contribution is 7.89. The molecule has 1 amide bonds. The van der Waals surface area contributed by atoms with Crippen LogP contribution in [-0.4, -0.2) is 38.3 Å². The minimum atomic E-state index is -3.59. The van der Waals surface area contributed by atoms with Crippen LogP contribution in [0.2, 0.25) is 0 Å². The maximum atomic E-state index is 12.6. The molecule has 1 saturated heterocycles. The van der Waals surface area contributed by atoms with Gasteiger partial charge in [-0.1, -0.05) is 6.42 Å². The van der Waals surface area contributed by atoms with Gasteiger partial charge in [0.15, 0.2) is 0 Å². The number of hydrogen-bond donors (Lipinski definition) is 1. The van der Waals surface area contributed by atoms with Gasteiger partial charge in [-0.25, -0.2) is 13.9 Å². The molecule has 1 aliphatic heterocycles. The highest BCUT2D eigenvalue weighted by Crippen LogP contribution is 2.27. The van der Waals surface area contributed by atoms with Crippen molar-refractivity contribution in [1.82, 2.24) is 9.79 Å². The summed E-state index contributed by atoms with van der Waals surface area (Å²) >= 11 is 1.10. The topological polar surface area (TPSA) is 75.7 Å². The largest absolute Gasteiger partial charge is 0.286 e. The molecule has 1 N–H and O–H groups in total. The van der Waals surface area contributed by atoms with Crippen LogP contribution in [0.4, 0.5) is 0 Å². The van der Waals surface area contributed by atoms with Gasteiger partial charge in [0, 0.05) is 13.1 Å². The Kier molecular flexibility index (Phi) is 5.14. The van der Waals surface area contributed by atoms with Crippen LogP contribution in [0.3, 0.4) is 0 Å². The van der Waals surface area contributed by atoms with Crippen molar-refractivity contribution in [3.8, 4) is 0 Å². The average molecular weight is 318 g/mol. The third-order valence-electron chi connectivity index (χ3n) is 3.08. The van der Waals surface area contributed by atoms with Crippen molar-refractivity contribution in [1.29, 1.82) is 0 Å². The number of hydroxylamine groups is 1. The normalized spacial score (nSPS) is 17.1. The lowest BCUT2D eigenvalue weighted by atomic mass is 10.2. The summed E-state index contributed by atoms with van der Waals surface area (Å²) in [6.07, 6.45) is 2.78. The van der Waals surface area contributed by atoms with Gasteiger partial charge >= 0.3 is 0 Å². The molecule has 0 atom stereocenters. The number of amides is 1. The zero-order chi connectivity index (χ0) is 14.6. The van der Waals surface area contributed by atoms with Crippen LogP contribution in [0.25, 0.3) is 0 Å². The highest BCUT2D eigenvalue weighted by atomic mass is 32.2. The zero-order valence-corrected chi connectivity index (χ0v) is 12.9. The Balaban J connectivity index is 2.24. The van der Waals surface area contributed by atoms with Gasteiger partial charge in [0.1, 0.15) is 9.77 Å². The van der Waals surface area contributed by atoms with Crippen LogP contribution in [0, 0.1) is 0 Å². The maximum absolute atomic E-state index is 12.6. The number of nitrogens with zero attached hydrogens (tertiary/aromatic N) is 1. The number of rotatable bonds is 5. The molecule has 112 valence electrons. The molecule has 0 aromatic carbocycles. The van der Waals surface area contributed by atoms with E-state index in [9.17, 15) is 13.2 Å². The predicted octanol–water partition coefficient (Wildman–Crippen LogP) is 1.60. The summed E-state index contributed by atoms with van der Waals surface area (Å²) in [4.78, 5) is 17.0. The van der Waals surface area contributed by atoms with E-state index in [1.165, 1.54) is 10.4 Å². The van der Waals surface area contributed by atoms with Crippen LogP contribution in [0.15, 0.2) is 16.3 Å². The molecule has 0 unspecified atom stereocenters. The summed E-state index contributed by atoms with van der Waals surface area (Å²) < 4.78 is 26.6. The van der Waals surface area contributed by atoms with Crippen molar-refractivity contribution < 1.29 is 18.0 Å². The summed E-state index contributed by atoms with van der Waals surface area (Å²) in [5.74, 6) is -0.516. The fourth-order valence-corrected chi connectivity index (χ4v) is 4.90. The van der Waals surface area contributed by atoms with Gasteiger partial charge in [0.2, 0.25) is 10.0 Å². The van der Waals surface area contributed by atoms with Gasteiger partial charge in [-0.3, -0.25) is 9.63 Å². The molecule has 8 heteroatoms. The molecule has 1 aliphatic rings. The minimum Gasteiger partial charge on any atom is -0.274 e. The van der Waals surface area contributed by atoms with Crippen molar-refractivity contribution in [3.05, 3.63) is 16.3 Å². The van der Waals surface area contributed by atoms with Crippen LogP contribution >= 0.6 is 11.3 Å². The van der Waals surface area contributed by atoms with E-state index in [0.717, 1.165) is 30.6 Å². The lowest BCUT2D eigenvalue weighted by Gasteiger charge is -2.25. The van der Waals surface area contributed by atoms with Crippen molar-refractivity contribution in [2.75, 3.05) is 19.7 Å². The first-order chi connectivity index (χ1) is 9.57. The van der Waals surface area contributed by atoms with E-state index < -0.39 is 15.9 Å². The predicted molar refractivity (Wildman–Crippen MR) is 76.0 cm³/mol. The van der Waals surface area contributed by atoms with E-state index >= 15 is 0 Å². The summed E-state index contributed by atoms with van der Waals surface area (Å²) in [6.45, 7) is 3.10. The third-order valence-corrected chi connectivity index (χ3v) is 6.06. The number of carbonyl (C=O) groups excluding carboxylic acids is 1. The second kappa shape index (κ2) is 6.66. The molecule has 2 heterocycles. The Morgan fingerprint density at radius 3 is 2.75 bits per heavy atom. The lowest BCUT2D eigenvalue weighted by molar-refractivity contribution is 0.0365. The molecular weight excluding hydrogens is 300 g/mol. The Morgan fingerprint density at radius 1 is 1.40 bits per heavy atom. The number of thiophene rings is 1. The molecule has 0 aliphatic carbocycles. The Morgan fingerprint density at radius 2 is 2.10 bits per heavy atom. The maximum Gasteiger partial charge on any atom is 0.286 e. The molecule has 1 aromatic rings. The first-order valence-electron chi connectivity index (χ1n) is 6.57. The molecule has 0 radical (unpaired) electrons. The highest BCUT2D eigenvalue weighted by Gasteiger charge is 2.30. The minimum absolute atomic E-state index is 0.0709. The van der Waals surface area contributed by atoms with Crippen molar-refractivity contribution in [2.24, 2.45) is 0 Å². The zero-order valence-electron chi connectivity index (χ0n) is 11.3. The van der Waals surface area contributed by atoms with E-state index in [1.807, 2.05) is 0 Å². The van der Waals surface area contributed by atoms with Crippen LogP contribution < -0.4 is 5.48 Å². The summed E-state index contributed by atoms with van der Waals surface area (Å²) in [5.41, 5.74) is 2.24. The van der Waals surface area contributed by atoms with Gasteiger partial charge in [0.25, 0.3) is 5.91 Å². The molecule has 6 nitrogen and oxygen atoms in total. The quantitative estimate of drug-likeness (QED) is 0.837. The van der Waals surface area contributed by atoms with Crippen LogP contribution in [0.5, 0.6) is 0 Å². The molecule has 0 saturated carbocycles. The van der Waals surface area contributed by atoms with Crippen LogP contribution in [-0.2, 0) is 14.9 Å². The molecule has 20 heavy (non-hydrogen) atoms. The number of carbonyl (C=O) groups is 1. The van der Waals surface area contributed by atoms with Crippen molar-refractivity contribution in [3.63, 3.8) is 0 Å². The number of piperidine rings is 1. The van der Waals surface area contributed by atoms with Gasteiger partial charge in [-0.2, -0.15) is 4.31 Å².